The number of alkyl halides is 1. The number of hydrogen-bond acceptors (Lipinski definition) is 0. The van der Waals surface area contributed by atoms with E-state index in [0.717, 1.165) is 17.9 Å². The Morgan fingerprint density at radius 2 is 1.94 bits per heavy atom. The molecule has 1 aliphatic heterocycles. The van der Waals surface area contributed by atoms with E-state index in [1.54, 1.807) is 0 Å². The molecule has 0 aromatic heterocycles. The minimum Gasteiger partial charge on any atom is -0.332 e. The Hall–Kier alpha value is 0.250. The summed E-state index contributed by atoms with van der Waals surface area (Å²) in [7, 11) is 0. The summed E-state index contributed by atoms with van der Waals surface area (Å²) in [6.45, 7) is 7.62. The molecule has 94 valence electrons. The highest BCUT2D eigenvalue weighted by atomic mass is 35.5. The molecule has 1 heterocycles. The fourth-order valence-corrected chi connectivity index (χ4v) is 3.96. The fraction of sp³-hybridized carbons (Fsp3) is 1.00. The topological polar surface area (TPSA) is 4.44 Å². The van der Waals surface area contributed by atoms with Crippen LogP contribution in [0, 0.1) is 11.8 Å². The highest BCUT2D eigenvalue weighted by molar-refractivity contribution is 6.20. The Bertz CT molecular complexity index is 219. The van der Waals surface area contributed by atoms with Crippen LogP contribution in [-0.4, -0.2) is 24.5 Å². The molecular formula is C14H27ClN+. The lowest BCUT2D eigenvalue weighted by atomic mass is 9.86. The highest BCUT2D eigenvalue weighted by Gasteiger charge is 2.30. The van der Waals surface area contributed by atoms with Gasteiger partial charge in [0.25, 0.3) is 0 Å². The van der Waals surface area contributed by atoms with E-state index < -0.39 is 0 Å². The highest BCUT2D eigenvalue weighted by Crippen LogP contribution is 2.27. The normalized spacial score (nSPS) is 45.6. The molecule has 1 aliphatic carbocycles. The zero-order valence-corrected chi connectivity index (χ0v) is 11.6. The smallest absolute Gasteiger partial charge is 0.0846 e. The predicted octanol–water partition coefficient (Wildman–Crippen LogP) is 2.49. The lowest BCUT2D eigenvalue weighted by Crippen LogP contribution is -3.17. The van der Waals surface area contributed by atoms with Gasteiger partial charge in [0.2, 0.25) is 0 Å². The molecule has 2 heteroatoms. The second-order valence-electron chi connectivity index (χ2n) is 6.28. The van der Waals surface area contributed by atoms with Crippen molar-refractivity contribution >= 4 is 11.6 Å². The summed E-state index contributed by atoms with van der Waals surface area (Å²) >= 11 is 6.28. The van der Waals surface area contributed by atoms with Crippen molar-refractivity contribution in [1.82, 2.24) is 0 Å². The molecular weight excluding hydrogens is 218 g/mol. The maximum atomic E-state index is 6.28. The van der Waals surface area contributed by atoms with E-state index in [9.17, 15) is 0 Å². The molecule has 5 atom stereocenters. The molecule has 0 radical (unpaired) electrons. The van der Waals surface area contributed by atoms with Crippen molar-refractivity contribution in [3.05, 3.63) is 0 Å². The van der Waals surface area contributed by atoms with Gasteiger partial charge in [-0.1, -0.05) is 13.3 Å². The molecule has 2 aliphatic rings. The molecule has 1 saturated heterocycles. The van der Waals surface area contributed by atoms with Crippen LogP contribution in [0.1, 0.15) is 52.4 Å². The van der Waals surface area contributed by atoms with Gasteiger partial charge in [0, 0.05) is 17.2 Å². The molecule has 0 amide bonds. The summed E-state index contributed by atoms with van der Waals surface area (Å²) in [5.41, 5.74) is 0. The van der Waals surface area contributed by atoms with E-state index >= 15 is 0 Å². The molecule has 1 saturated carbocycles. The van der Waals surface area contributed by atoms with E-state index in [1.165, 1.54) is 51.6 Å². The number of halogens is 1. The minimum absolute atomic E-state index is 0.468. The Labute approximate surface area is 106 Å². The lowest BCUT2D eigenvalue weighted by Gasteiger charge is -2.37. The second kappa shape index (κ2) is 5.73. The van der Waals surface area contributed by atoms with Gasteiger partial charge in [-0.3, -0.25) is 0 Å². The van der Waals surface area contributed by atoms with Gasteiger partial charge in [-0.2, -0.15) is 0 Å². The Morgan fingerprint density at radius 3 is 2.69 bits per heavy atom. The van der Waals surface area contributed by atoms with Gasteiger partial charge in [-0.05, 0) is 39.0 Å². The van der Waals surface area contributed by atoms with Gasteiger partial charge >= 0.3 is 0 Å². The first-order valence-electron chi connectivity index (χ1n) is 7.13. The largest absolute Gasteiger partial charge is 0.332 e. The summed E-state index contributed by atoms with van der Waals surface area (Å²) in [5, 5.41) is 0.468. The summed E-state index contributed by atoms with van der Waals surface area (Å²) in [6.07, 6.45) is 8.16. The minimum atomic E-state index is 0.468. The maximum absolute atomic E-state index is 6.28. The Morgan fingerprint density at radius 1 is 1.12 bits per heavy atom. The number of hydrogen-bond donors (Lipinski definition) is 1. The van der Waals surface area contributed by atoms with E-state index in [0.29, 0.717) is 5.38 Å². The van der Waals surface area contributed by atoms with E-state index in [1.807, 2.05) is 4.90 Å². The van der Waals surface area contributed by atoms with Crippen LogP contribution in [0.25, 0.3) is 0 Å². The summed E-state index contributed by atoms with van der Waals surface area (Å²) < 4.78 is 0. The van der Waals surface area contributed by atoms with Crippen molar-refractivity contribution in [2.75, 3.05) is 13.1 Å². The van der Waals surface area contributed by atoms with E-state index in [-0.39, 0.29) is 0 Å². The quantitative estimate of drug-likeness (QED) is 0.712. The zero-order valence-electron chi connectivity index (χ0n) is 10.8. The van der Waals surface area contributed by atoms with Gasteiger partial charge in [0.15, 0.2) is 0 Å². The summed E-state index contributed by atoms with van der Waals surface area (Å²) in [5.74, 6) is 1.83. The van der Waals surface area contributed by atoms with Crippen LogP contribution in [0.15, 0.2) is 0 Å². The molecule has 0 bridgehead atoms. The number of quaternary nitrogens is 1. The number of nitrogens with one attached hydrogen (secondary N) is 1. The molecule has 5 unspecified atom stereocenters. The monoisotopic (exact) mass is 244 g/mol. The van der Waals surface area contributed by atoms with Crippen LogP contribution in [-0.2, 0) is 0 Å². The van der Waals surface area contributed by atoms with E-state index in [2.05, 4.69) is 13.8 Å². The zero-order chi connectivity index (χ0) is 11.5. The Balaban J connectivity index is 1.82. The van der Waals surface area contributed by atoms with Gasteiger partial charge in [-0.25, -0.2) is 0 Å². The second-order valence-corrected chi connectivity index (χ2v) is 6.90. The van der Waals surface area contributed by atoms with E-state index in [4.69, 9.17) is 11.6 Å². The van der Waals surface area contributed by atoms with Crippen molar-refractivity contribution in [3.8, 4) is 0 Å². The van der Waals surface area contributed by atoms with Gasteiger partial charge < -0.3 is 4.90 Å². The van der Waals surface area contributed by atoms with Crippen molar-refractivity contribution in [1.29, 1.82) is 0 Å². The summed E-state index contributed by atoms with van der Waals surface area (Å²) in [6, 6.07) is 0.881. The average molecular weight is 245 g/mol. The first-order valence-corrected chi connectivity index (χ1v) is 7.57. The van der Waals surface area contributed by atoms with Crippen molar-refractivity contribution in [2.24, 2.45) is 11.8 Å². The molecule has 0 aromatic carbocycles. The van der Waals surface area contributed by atoms with Crippen LogP contribution in [0.5, 0.6) is 0 Å². The van der Waals surface area contributed by atoms with Gasteiger partial charge in [0.1, 0.15) is 0 Å². The molecule has 1 N–H and O–H groups in total. The van der Waals surface area contributed by atoms with Crippen LogP contribution in [0.2, 0.25) is 0 Å². The predicted molar refractivity (Wildman–Crippen MR) is 70.2 cm³/mol. The number of rotatable bonds is 2. The SMILES string of the molecule is CC1CCC(C)[NH+](CC2CCCC(Cl)C2)C1. The van der Waals surface area contributed by atoms with Crippen molar-refractivity contribution in [2.45, 2.75) is 63.8 Å². The van der Waals surface area contributed by atoms with Crippen molar-refractivity contribution in [3.63, 3.8) is 0 Å². The summed E-state index contributed by atoms with van der Waals surface area (Å²) in [4.78, 5) is 1.86. The number of piperidine rings is 1. The maximum Gasteiger partial charge on any atom is 0.0846 e. The molecule has 16 heavy (non-hydrogen) atoms. The van der Waals surface area contributed by atoms with Crippen LogP contribution < -0.4 is 4.90 Å². The lowest BCUT2D eigenvalue weighted by molar-refractivity contribution is -0.935. The van der Waals surface area contributed by atoms with Crippen molar-refractivity contribution < 1.29 is 4.90 Å². The number of likely N-dealkylation sites (tertiary alicyclic amines) is 1. The molecule has 2 rings (SSSR count). The molecule has 0 aromatic rings. The molecule has 2 fully saturated rings. The molecule has 0 spiro atoms. The standard InChI is InChI=1S/C14H26ClN/c1-11-6-7-12(2)16(9-11)10-13-4-3-5-14(15)8-13/h11-14H,3-10H2,1-2H3/p+1. The van der Waals surface area contributed by atoms with Gasteiger partial charge in [0.05, 0.1) is 19.1 Å². The van der Waals surface area contributed by atoms with Crippen LogP contribution >= 0.6 is 11.6 Å². The average Bonchev–Trinajstić information content (AvgIpc) is 2.24. The third-order valence-corrected chi connectivity index (χ3v) is 5.07. The van der Waals surface area contributed by atoms with Crippen LogP contribution in [0.3, 0.4) is 0 Å². The molecule has 1 nitrogen and oxygen atoms in total. The first-order chi connectivity index (χ1) is 7.65. The third-order valence-electron chi connectivity index (χ3n) is 4.67. The van der Waals surface area contributed by atoms with Crippen LogP contribution in [0.4, 0.5) is 0 Å². The Kier molecular flexibility index (Phi) is 4.55. The third kappa shape index (κ3) is 3.37. The van der Waals surface area contributed by atoms with Gasteiger partial charge in [-0.15, -0.1) is 11.6 Å². The fourth-order valence-electron chi connectivity index (χ4n) is 3.56. The first kappa shape index (κ1) is 12.7.